The highest BCUT2D eigenvalue weighted by Gasteiger charge is 1.84. The van der Waals surface area contributed by atoms with E-state index in [0.29, 0.717) is 0 Å². The molecular formula is C6H14N3. The van der Waals surface area contributed by atoms with Crippen LogP contribution in [0.2, 0.25) is 0 Å². The summed E-state index contributed by atoms with van der Waals surface area (Å²) < 4.78 is 0. The molecule has 3 heteroatoms. The topological polar surface area (TPSA) is 38.2 Å². The first-order valence-corrected chi connectivity index (χ1v) is 3.03. The van der Waals surface area contributed by atoms with Gasteiger partial charge in [-0.2, -0.15) is 0 Å². The van der Waals surface area contributed by atoms with Gasteiger partial charge in [0.05, 0.1) is 0 Å². The van der Waals surface area contributed by atoms with Crippen molar-refractivity contribution in [1.29, 1.82) is 0 Å². The number of hydrogen-bond donors (Lipinski definition) is 2. The summed E-state index contributed by atoms with van der Waals surface area (Å²) in [7, 11) is 3.74. The molecule has 0 aliphatic rings. The molecule has 3 radical (unpaired) electrons. The second-order valence-corrected chi connectivity index (χ2v) is 1.57. The Morgan fingerprint density at radius 2 is 1.56 bits per heavy atom. The Bertz CT molecular complexity index is 41.6. The van der Waals surface area contributed by atoms with Crippen LogP contribution in [0.4, 0.5) is 0 Å². The van der Waals surface area contributed by atoms with Gasteiger partial charge in [-0.1, -0.05) is 0 Å². The molecule has 0 atom stereocenters. The first-order chi connectivity index (χ1) is 4.41. The molecule has 0 aliphatic carbocycles. The van der Waals surface area contributed by atoms with Gasteiger partial charge in [-0.15, -0.1) is 0 Å². The molecule has 9 heavy (non-hydrogen) atoms. The number of nitrogens with zero attached hydrogens (tertiary/aromatic N) is 1. The van der Waals surface area contributed by atoms with Crippen molar-refractivity contribution in [2.75, 3.05) is 27.2 Å². The van der Waals surface area contributed by atoms with Crippen LogP contribution in [0.25, 0.3) is 0 Å². The number of hydrogen-bond acceptors (Lipinski definition) is 2. The smallest absolute Gasteiger partial charge is 0.0373 e. The van der Waals surface area contributed by atoms with Crippen molar-refractivity contribution in [3.63, 3.8) is 0 Å². The average molecular weight is 128 g/mol. The van der Waals surface area contributed by atoms with Crippen molar-refractivity contribution in [3.05, 3.63) is 13.1 Å². The molecule has 0 heterocycles. The second-order valence-electron chi connectivity index (χ2n) is 1.57. The third-order valence-corrected chi connectivity index (χ3v) is 0.849. The molecule has 0 spiro atoms. The Morgan fingerprint density at radius 1 is 1.11 bits per heavy atom. The minimum Gasteiger partial charge on any atom is -0.314 e. The number of rotatable bonds is 6. The van der Waals surface area contributed by atoms with E-state index in [2.05, 4.69) is 16.0 Å². The quantitative estimate of drug-likeness (QED) is 0.467. The van der Waals surface area contributed by atoms with Gasteiger partial charge in [-0.3, -0.25) is 0 Å². The van der Waals surface area contributed by atoms with Crippen LogP contribution in [-0.2, 0) is 0 Å². The summed E-state index contributed by atoms with van der Waals surface area (Å²) in [5.41, 5.74) is 0. The molecule has 0 aliphatic heterocycles. The molecule has 0 unspecified atom stereocenters. The molecule has 0 aromatic heterocycles. The lowest BCUT2D eigenvalue weighted by Crippen LogP contribution is -2.18. The SMILES string of the molecule is CN[CH]C[N]C[CH]NC. The van der Waals surface area contributed by atoms with E-state index in [1.165, 1.54) is 0 Å². The van der Waals surface area contributed by atoms with E-state index >= 15 is 0 Å². The largest absolute Gasteiger partial charge is 0.314 e. The second kappa shape index (κ2) is 7.88. The van der Waals surface area contributed by atoms with E-state index in [0.717, 1.165) is 13.1 Å². The molecule has 2 N–H and O–H groups in total. The molecular weight excluding hydrogens is 114 g/mol. The highest BCUT2D eigenvalue weighted by molar-refractivity contribution is 4.66. The Morgan fingerprint density at radius 3 is 1.89 bits per heavy atom. The molecule has 0 rings (SSSR count). The van der Waals surface area contributed by atoms with Crippen LogP contribution in [0.3, 0.4) is 0 Å². The number of likely N-dealkylation sites (N-methyl/N-ethyl adjacent to an activating group) is 2. The fraction of sp³-hybridized carbons (Fsp3) is 0.667. The van der Waals surface area contributed by atoms with Crippen LogP contribution < -0.4 is 16.0 Å². The lowest BCUT2D eigenvalue weighted by Gasteiger charge is -1.98. The normalized spacial score (nSPS) is 10.0. The maximum absolute atomic E-state index is 4.11. The molecule has 0 bridgehead atoms. The van der Waals surface area contributed by atoms with Gasteiger partial charge in [-0.25, -0.2) is 5.32 Å². The summed E-state index contributed by atoms with van der Waals surface area (Å²) in [6, 6.07) is 0. The zero-order valence-electron chi connectivity index (χ0n) is 6.02. The van der Waals surface area contributed by atoms with Crippen molar-refractivity contribution in [1.82, 2.24) is 16.0 Å². The van der Waals surface area contributed by atoms with Gasteiger partial charge >= 0.3 is 0 Å². The summed E-state index contributed by atoms with van der Waals surface area (Å²) in [4.78, 5) is 0. The van der Waals surface area contributed by atoms with Gasteiger partial charge in [-0.05, 0) is 14.1 Å². The summed E-state index contributed by atoms with van der Waals surface area (Å²) in [5.74, 6) is 0. The van der Waals surface area contributed by atoms with Crippen molar-refractivity contribution in [2.24, 2.45) is 0 Å². The van der Waals surface area contributed by atoms with E-state index in [1.54, 1.807) is 0 Å². The third kappa shape index (κ3) is 7.88. The number of nitrogens with one attached hydrogen (secondary N) is 2. The van der Waals surface area contributed by atoms with Gasteiger partial charge < -0.3 is 10.6 Å². The predicted molar refractivity (Wildman–Crippen MR) is 38.6 cm³/mol. The summed E-state index contributed by atoms with van der Waals surface area (Å²) in [5, 5.41) is 9.90. The van der Waals surface area contributed by atoms with E-state index in [4.69, 9.17) is 0 Å². The van der Waals surface area contributed by atoms with Crippen LogP contribution in [0.15, 0.2) is 0 Å². The van der Waals surface area contributed by atoms with E-state index in [9.17, 15) is 0 Å². The summed E-state index contributed by atoms with van der Waals surface area (Å²) in [6.07, 6.45) is 0. The van der Waals surface area contributed by atoms with Crippen molar-refractivity contribution < 1.29 is 0 Å². The van der Waals surface area contributed by atoms with E-state index < -0.39 is 0 Å². The van der Waals surface area contributed by atoms with E-state index in [-0.39, 0.29) is 0 Å². The molecule has 0 saturated carbocycles. The molecule has 0 saturated heterocycles. The maximum atomic E-state index is 4.11. The van der Waals surface area contributed by atoms with Crippen LogP contribution in [0.1, 0.15) is 0 Å². The third-order valence-electron chi connectivity index (χ3n) is 0.849. The van der Waals surface area contributed by atoms with Crippen LogP contribution >= 0.6 is 0 Å². The molecule has 0 aromatic carbocycles. The first-order valence-electron chi connectivity index (χ1n) is 3.03. The Labute approximate surface area is 57.2 Å². The minimum atomic E-state index is 0.772. The Hall–Kier alpha value is -0.120. The highest BCUT2D eigenvalue weighted by atomic mass is 14.9. The van der Waals surface area contributed by atoms with Crippen molar-refractivity contribution >= 4 is 0 Å². The lowest BCUT2D eigenvalue weighted by atomic mass is 10.5. The molecule has 0 aromatic rings. The van der Waals surface area contributed by atoms with Gasteiger partial charge in [0.1, 0.15) is 0 Å². The van der Waals surface area contributed by atoms with Crippen molar-refractivity contribution in [2.45, 2.75) is 0 Å². The fourth-order valence-electron chi connectivity index (χ4n) is 0.386. The van der Waals surface area contributed by atoms with Gasteiger partial charge in [0.2, 0.25) is 0 Å². The summed E-state index contributed by atoms with van der Waals surface area (Å²) >= 11 is 0. The molecule has 0 amide bonds. The van der Waals surface area contributed by atoms with E-state index in [1.807, 2.05) is 27.2 Å². The summed E-state index contributed by atoms with van der Waals surface area (Å²) in [6.45, 7) is 5.36. The average Bonchev–Trinajstić information content (AvgIpc) is 1.89. The monoisotopic (exact) mass is 128 g/mol. The first kappa shape index (κ1) is 8.88. The van der Waals surface area contributed by atoms with Crippen LogP contribution in [-0.4, -0.2) is 27.2 Å². The molecule has 3 nitrogen and oxygen atoms in total. The van der Waals surface area contributed by atoms with Crippen molar-refractivity contribution in [3.8, 4) is 0 Å². The zero-order valence-corrected chi connectivity index (χ0v) is 6.02. The molecule has 53 valence electrons. The van der Waals surface area contributed by atoms with Gasteiger partial charge in [0.15, 0.2) is 0 Å². The van der Waals surface area contributed by atoms with Crippen LogP contribution in [0.5, 0.6) is 0 Å². The maximum Gasteiger partial charge on any atom is 0.0373 e. The Kier molecular flexibility index (Phi) is 7.77. The lowest BCUT2D eigenvalue weighted by molar-refractivity contribution is 0.702. The standard InChI is InChI=1S/C6H14N3/c1-7-3-5-9-6-4-8-2/h3-4,7-8H,5-6H2,1-2H3. The Balaban J connectivity index is 2.60. The predicted octanol–water partition coefficient (Wildman–Crippen LogP) is -0.647. The molecule has 0 fully saturated rings. The zero-order chi connectivity index (χ0) is 6.95. The van der Waals surface area contributed by atoms with Gasteiger partial charge in [0, 0.05) is 26.2 Å². The highest BCUT2D eigenvalue weighted by Crippen LogP contribution is 1.68. The van der Waals surface area contributed by atoms with Gasteiger partial charge in [0.25, 0.3) is 0 Å². The van der Waals surface area contributed by atoms with Crippen LogP contribution in [0, 0.1) is 13.1 Å². The fourth-order valence-corrected chi connectivity index (χ4v) is 0.386. The minimum absolute atomic E-state index is 0.772.